The maximum absolute atomic E-state index is 12.8. The highest BCUT2D eigenvalue weighted by molar-refractivity contribution is 6.08. The van der Waals surface area contributed by atoms with Crippen LogP contribution in [0.2, 0.25) is 0 Å². The van der Waals surface area contributed by atoms with E-state index in [4.69, 9.17) is 0 Å². The molecule has 0 amide bonds. The van der Waals surface area contributed by atoms with Crippen molar-refractivity contribution in [3.8, 4) is 16.8 Å². The number of hydrogen-bond donors (Lipinski definition) is 2. The van der Waals surface area contributed by atoms with Crippen LogP contribution in [0, 0.1) is 17.0 Å². The first-order valence-corrected chi connectivity index (χ1v) is 9.30. The van der Waals surface area contributed by atoms with Crippen LogP contribution in [0.3, 0.4) is 0 Å². The SMILES string of the molecule is Cc1nn(-c2ccccc2)c2nc3[nH]c(=O)[nH]c(=O)c3c(-c3cccc([N+](=O)[O-])c3)c12. The Labute approximate surface area is 173 Å². The fourth-order valence-electron chi connectivity index (χ4n) is 3.75. The van der Waals surface area contributed by atoms with Crippen LogP contribution in [-0.2, 0) is 0 Å². The topological polar surface area (TPSA) is 140 Å². The predicted molar refractivity (Wildman–Crippen MR) is 114 cm³/mol. The first-order valence-electron chi connectivity index (χ1n) is 9.30. The van der Waals surface area contributed by atoms with E-state index < -0.39 is 16.2 Å². The third-order valence-electron chi connectivity index (χ3n) is 5.02. The zero-order valence-corrected chi connectivity index (χ0v) is 16.1. The first kappa shape index (κ1) is 18.4. The number of aromatic nitrogens is 5. The minimum atomic E-state index is -0.697. The molecule has 0 radical (unpaired) electrons. The number of para-hydroxylation sites is 1. The maximum atomic E-state index is 12.8. The highest BCUT2D eigenvalue weighted by Crippen LogP contribution is 2.36. The van der Waals surface area contributed by atoms with E-state index in [1.54, 1.807) is 23.7 Å². The largest absolute Gasteiger partial charge is 0.327 e. The van der Waals surface area contributed by atoms with Gasteiger partial charge in [0.15, 0.2) is 5.65 Å². The molecular weight excluding hydrogens is 400 g/mol. The smallest absolute Gasteiger partial charge is 0.291 e. The van der Waals surface area contributed by atoms with Crippen molar-refractivity contribution in [3.63, 3.8) is 0 Å². The summed E-state index contributed by atoms with van der Waals surface area (Å²) >= 11 is 0. The molecule has 5 aromatic rings. The molecule has 3 aromatic heterocycles. The van der Waals surface area contributed by atoms with Gasteiger partial charge in [-0.2, -0.15) is 5.10 Å². The minimum absolute atomic E-state index is 0.0693. The normalized spacial score (nSPS) is 11.3. The molecule has 0 saturated carbocycles. The highest BCUT2D eigenvalue weighted by atomic mass is 16.6. The number of non-ortho nitro benzene ring substituents is 1. The minimum Gasteiger partial charge on any atom is -0.291 e. The number of fused-ring (bicyclic) bond motifs is 2. The summed E-state index contributed by atoms with van der Waals surface area (Å²) < 4.78 is 1.62. The summed E-state index contributed by atoms with van der Waals surface area (Å²) in [6, 6.07) is 15.3. The lowest BCUT2D eigenvalue weighted by atomic mass is 9.98. The molecule has 5 rings (SSSR count). The number of aryl methyl sites for hydroxylation is 1. The molecular formula is C21H14N6O4. The van der Waals surface area contributed by atoms with Gasteiger partial charge < -0.3 is 0 Å². The zero-order chi connectivity index (χ0) is 21.7. The summed E-state index contributed by atoms with van der Waals surface area (Å²) in [4.78, 5) is 44.8. The van der Waals surface area contributed by atoms with Gasteiger partial charge in [0.05, 0.1) is 27.1 Å². The van der Waals surface area contributed by atoms with Crippen molar-refractivity contribution in [1.82, 2.24) is 24.7 Å². The van der Waals surface area contributed by atoms with E-state index in [2.05, 4.69) is 20.1 Å². The van der Waals surface area contributed by atoms with Crippen LogP contribution in [0.5, 0.6) is 0 Å². The quantitative estimate of drug-likeness (QED) is 0.344. The predicted octanol–water partition coefficient (Wildman–Crippen LogP) is 2.83. The fourth-order valence-corrected chi connectivity index (χ4v) is 3.75. The van der Waals surface area contributed by atoms with Crippen molar-refractivity contribution >= 4 is 27.8 Å². The lowest BCUT2D eigenvalue weighted by Crippen LogP contribution is -2.23. The van der Waals surface area contributed by atoms with Crippen molar-refractivity contribution in [2.45, 2.75) is 6.92 Å². The molecule has 0 unspecified atom stereocenters. The van der Waals surface area contributed by atoms with Gasteiger partial charge in [0.2, 0.25) is 0 Å². The van der Waals surface area contributed by atoms with Gasteiger partial charge in [-0.25, -0.2) is 14.5 Å². The van der Waals surface area contributed by atoms with Crippen LogP contribution in [0.15, 0.2) is 64.2 Å². The maximum Gasteiger partial charge on any atom is 0.327 e. The van der Waals surface area contributed by atoms with E-state index in [-0.39, 0.29) is 16.7 Å². The van der Waals surface area contributed by atoms with Gasteiger partial charge in [0.25, 0.3) is 11.2 Å². The Hall–Kier alpha value is -4.60. The summed E-state index contributed by atoms with van der Waals surface area (Å²) in [5.74, 6) is 0. The Bertz CT molecular complexity index is 1610. The molecule has 0 aliphatic rings. The fraction of sp³-hybridized carbons (Fsp3) is 0.0476. The molecule has 10 nitrogen and oxygen atoms in total. The zero-order valence-electron chi connectivity index (χ0n) is 16.1. The molecule has 0 atom stereocenters. The number of rotatable bonds is 3. The average Bonchev–Trinajstić information content (AvgIpc) is 3.09. The van der Waals surface area contributed by atoms with Crippen LogP contribution < -0.4 is 11.2 Å². The van der Waals surface area contributed by atoms with Crippen LogP contribution in [0.1, 0.15) is 5.69 Å². The Morgan fingerprint density at radius 3 is 2.52 bits per heavy atom. The molecule has 152 valence electrons. The number of H-pyrrole nitrogens is 2. The van der Waals surface area contributed by atoms with Gasteiger partial charge in [0, 0.05) is 17.7 Å². The van der Waals surface area contributed by atoms with E-state index in [9.17, 15) is 19.7 Å². The average molecular weight is 414 g/mol. The van der Waals surface area contributed by atoms with E-state index in [0.717, 1.165) is 5.69 Å². The Morgan fingerprint density at radius 1 is 1.00 bits per heavy atom. The molecule has 10 heteroatoms. The lowest BCUT2D eigenvalue weighted by molar-refractivity contribution is -0.384. The van der Waals surface area contributed by atoms with E-state index in [0.29, 0.717) is 27.9 Å². The third-order valence-corrected chi connectivity index (χ3v) is 5.02. The number of hydrogen-bond acceptors (Lipinski definition) is 6. The monoisotopic (exact) mass is 414 g/mol. The second-order valence-corrected chi connectivity index (χ2v) is 6.96. The van der Waals surface area contributed by atoms with Gasteiger partial charge in [-0.3, -0.25) is 24.9 Å². The van der Waals surface area contributed by atoms with Crippen LogP contribution in [0.4, 0.5) is 5.69 Å². The number of aromatic amines is 2. The molecule has 2 N–H and O–H groups in total. The van der Waals surface area contributed by atoms with Crippen LogP contribution in [0.25, 0.3) is 38.9 Å². The number of benzene rings is 2. The summed E-state index contributed by atoms with van der Waals surface area (Å²) in [7, 11) is 0. The number of nitrogens with one attached hydrogen (secondary N) is 2. The van der Waals surface area contributed by atoms with Crippen molar-refractivity contribution in [1.29, 1.82) is 0 Å². The van der Waals surface area contributed by atoms with E-state index >= 15 is 0 Å². The number of nitrogens with zero attached hydrogens (tertiary/aromatic N) is 4. The standard InChI is InChI=1S/C21H14N6O4/c1-11-15-16(12-6-5-9-14(10-12)27(30)31)17-18(23-21(29)24-20(17)28)22-19(15)26(25-11)13-7-3-2-4-8-13/h2-10H,1H3,(H2,22,23,24,28,29). The molecule has 31 heavy (non-hydrogen) atoms. The Balaban J connectivity index is 2.00. The van der Waals surface area contributed by atoms with Gasteiger partial charge in [0.1, 0.15) is 5.65 Å². The molecule has 0 bridgehead atoms. The third kappa shape index (κ3) is 2.89. The summed E-state index contributed by atoms with van der Waals surface area (Å²) in [6.07, 6.45) is 0. The molecule has 0 saturated heterocycles. The Morgan fingerprint density at radius 2 is 1.77 bits per heavy atom. The van der Waals surface area contributed by atoms with Crippen molar-refractivity contribution in [2.75, 3.05) is 0 Å². The van der Waals surface area contributed by atoms with Crippen molar-refractivity contribution < 1.29 is 4.92 Å². The highest BCUT2D eigenvalue weighted by Gasteiger charge is 2.22. The van der Waals surface area contributed by atoms with Crippen LogP contribution >= 0.6 is 0 Å². The first-order chi connectivity index (χ1) is 14.9. The molecule has 0 fully saturated rings. The second kappa shape index (κ2) is 6.73. The van der Waals surface area contributed by atoms with E-state index in [1.165, 1.54) is 12.1 Å². The summed E-state index contributed by atoms with van der Waals surface area (Å²) in [5, 5.41) is 16.6. The Kier molecular flexibility index (Phi) is 4.00. The number of pyridine rings is 1. The summed E-state index contributed by atoms with van der Waals surface area (Å²) in [6.45, 7) is 1.77. The molecule has 3 heterocycles. The number of nitro groups is 1. The second-order valence-electron chi connectivity index (χ2n) is 6.96. The van der Waals surface area contributed by atoms with Gasteiger partial charge >= 0.3 is 5.69 Å². The van der Waals surface area contributed by atoms with Crippen molar-refractivity contribution in [2.24, 2.45) is 0 Å². The lowest BCUT2D eigenvalue weighted by Gasteiger charge is -2.09. The van der Waals surface area contributed by atoms with E-state index in [1.807, 2.05) is 30.3 Å². The molecule has 0 aliphatic heterocycles. The van der Waals surface area contributed by atoms with Gasteiger partial charge in [-0.05, 0) is 24.6 Å². The molecule has 0 spiro atoms. The van der Waals surface area contributed by atoms with Crippen LogP contribution in [-0.4, -0.2) is 29.7 Å². The van der Waals surface area contributed by atoms with Crippen molar-refractivity contribution in [3.05, 3.63) is 91.2 Å². The van der Waals surface area contributed by atoms with Gasteiger partial charge in [-0.1, -0.05) is 30.3 Å². The number of nitro benzene ring substituents is 1. The van der Waals surface area contributed by atoms with Gasteiger partial charge in [-0.15, -0.1) is 0 Å². The molecule has 0 aliphatic carbocycles. The summed E-state index contributed by atoms with van der Waals surface area (Å²) in [5.41, 5.74) is 1.22. The molecule has 2 aromatic carbocycles.